The summed E-state index contributed by atoms with van der Waals surface area (Å²) in [6, 6.07) is 9.88. The second kappa shape index (κ2) is 15.4. The van der Waals surface area contributed by atoms with Gasteiger partial charge in [-0.3, -0.25) is 0 Å². The van der Waals surface area contributed by atoms with Gasteiger partial charge in [0.25, 0.3) is 0 Å². The molecule has 0 fully saturated rings. The molecule has 0 radical (unpaired) electrons. The summed E-state index contributed by atoms with van der Waals surface area (Å²) in [6.07, 6.45) is 9.70. The highest BCUT2D eigenvalue weighted by molar-refractivity contribution is 7.42. The lowest BCUT2D eigenvalue weighted by Gasteiger charge is -2.22. The minimum Gasteiger partial charge on any atom is -0.427 e. The lowest BCUT2D eigenvalue weighted by atomic mass is 10.0. The van der Waals surface area contributed by atoms with E-state index in [1.165, 1.54) is 38.5 Å². The van der Waals surface area contributed by atoms with Crippen LogP contribution in [-0.4, -0.2) is 13.2 Å². The molecule has 26 heavy (non-hydrogen) atoms. The molecule has 0 aromatic heterocycles. The molecule has 4 heteroatoms. The Kier molecular flexibility index (Phi) is 13.9. The molecule has 0 aliphatic rings. The van der Waals surface area contributed by atoms with E-state index in [2.05, 4.69) is 27.7 Å². The van der Waals surface area contributed by atoms with E-state index < -0.39 is 8.60 Å². The van der Waals surface area contributed by atoms with Gasteiger partial charge in [0.2, 0.25) is 0 Å². The lowest BCUT2D eigenvalue weighted by molar-refractivity contribution is 0.152. The van der Waals surface area contributed by atoms with Crippen LogP contribution in [-0.2, 0) is 9.05 Å². The fourth-order valence-electron chi connectivity index (χ4n) is 2.79. The first-order valence-corrected chi connectivity index (χ1v) is 11.6. The number of para-hydroxylation sites is 1. The van der Waals surface area contributed by atoms with Crippen molar-refractivity contribution in [2.45, 2.75) is 79.1 Å². The molecule has 0 saturated carbocycles. The second-order valence-corrected chi connectivity index (χ2v) is 8.20. The molecule has 0 heterocycles. The van der Waals surface area contributed by atoms with Crippen LogP contribution in [0.2, 0.25) is 0 Å². The van der Waals surface area contributed by atoms with Gasteiger partial charge in [-0.2, -0.15) is 0 Å². The van der Waals surface area contributed by atoms with E-state index in [9.17, 15) is 0 Å². The molecule has 1 rings (SSSR count). The van der Waals surface area contributed by atoms with Gasteiger partial charge in [-0.25, -0.2) is 0 Å². The van der Waals surface area contributed by atoms with Crippen LogP contribution in [0.15, 0.2) is 30.3 Å². The third-order valence-electron chi connectivity index (χ3n) is 4.84. The fraction of sp³-hybridized carbons (Fsp3) is 0.727. The topological polar surface area (TPSA) is 27.7 Å². The first-order chi connectivity index (χ1) is 12.7. The Morgan fingerprint density at radius 3 is 1.69 bits per heavy atom. The monoisotopic (exact) mass is 382 g/mol. The highest BCUT2D eigenvalue weighted by Crippen LogP contribution is 2.42. The SMILES string of the molecule is CCCCC(CC)COP(OCC(CC)CCCC)Oc1ccccc1. The van der Waals surface area contributed by atoms with E-state index in [1.54, 1.807) is 0 Å². The molecule has 2 unspecified atom stereocenters. The Morgan fingerprint density at radius 2 is 1.27 bits per heavy atom. The first kappa shape index (κ1) is 23.4. The molecule has 1 aromatic carbocycles. The maximum atomic E-state index is 6.12. The van der Waals surface area contributed by atoms with Crippen molar-refractivity contribution in [2.24, 2.45) is 11.8 Å². The van der Waals surface area contributed by atoms with Crippen molar-refractivity contribution in [3.05, 3.63) is 30.3 Å². The van der Waals surface area contributed by atoms with E-state index in [4.69, 9.17) is 13.6 Å². The highest BCUT2D eigenvalue weighted by atomic mass is 31.2. The van der Waals surface area contributed by atoms with E-state index in [1.807, 2.05) is 30.3 Å². The van der Waals surface area contributed by atoms with E-state index in [0.717, 1.165) is 31.8 Å². The summed E-state index contributed by atoms with van der Waals surface area (Å²) < 4.78 is 18.3. The van der Waals surface area contributed by atoms with Gasteiger partial charge in [0.1, 0.15) is 5.75 Å². The van der Waals surface area contributed by atoms with Crippen molar-refractivity contribution in [1.29, 1.82) is 0 Å². The van der Waals surface area contributed by atoms with E-state index in [-0.39, 0.29) is 0 Å². The maximum absolute atomic E-state index is 6.12. The molecule has 2 atom stereocenters. The van der Waals surface area contributed by atoms with Crippen LogP contribution < -0.4 is 4.52 Å². The Labute approximate surface area is 162 Å². The van der Waals surface area contributed by atoms with Crippen molar-refractivity contribution >= 4 is 8.60 Å². The highest BCUT2D eigenvalue weighted by Gasteiger charge is 2.19. The van der Waals surface area contributed by atoms with Crippen molar-refractivity contribution < 1.29 is 13.6 Å². The molecule has 3 nitrogen and oxygen atoms in total. The fourth-order valence-corrected chi connectivity index (χ4v) is 3.93. The summed E-state index contributed by atoms with van der Waals surface area (Å²) in [5.74, 6) is 2.00. The van der Waals surface area contributed by atoms with Gasteiger partial charge in [0, 0.05) is 0 Å². The molecular weight excluding hydrogens is 343 g/mol. The van der Waals surface area contributed by atoms with E-state index >= 15 is 0 Å². The minimum atomic E-state index is -1.34. The van der Waals surface area contributed by atoms with Crippen LogP contribution in [0.3, 0.4) is 0 Å². The summed E-state index contributed by atoms with van der Waals surface area (Å²) in [5.41, 5.74) is 0. The second-order valence-electron chi connectivity index (χ2n) is 7.05. The van der Waals surface area contributed by atoms with Crippen LogP contribution in [0.5, 0.6) is 5.75 Å². The molecule has 0 amide bonds. The number of hydrogen-bond acceptors (Lipinski definition) is 3. The van der Waals surface area contributed by atoms with Crippen LogP contribution in [0.1, 0.15) is 79.1 Å². The molecule has 0 bridgehead atoms. The standard InChI is InChI=1S/C22H39O3P/c1-5-9-14-20(7-3)18-23-26(25-22-16-12-11-13-17-22)24-19-21(8-4)15-10-6-2/h11-13,16-17,20-21H,5-10,14-15,18-19H2,1-4H3. The number of benzene rings is 1. The average Bonchev–Trinajstić information content (AvgIpc) is 2.68. The van der Waals surface area contributed by atoms with Gasteiger partial charge < -0.3 is 13.6 Å². The Morgan fingerprint density at radius 1 is 0.769 bits per heavy atom. The van der Waals surface area contributed by atoms with Crippen molar-refractivity contribution in [3.8, 4) is 5.75 Å². The van der Waals surface area contributed by atoms with Crippen LogP contribution >= 0.6 is 8.60 Å². The predicted molar refractivity (Wildman–Crippen MR) is 113 cm³/mol. The molecular formula is C22H39O3P. The smallest absolute Gasteiger partial charge is 0.397 e. The summed E-state index contributed by atoms with van der Waals surface area (Å²) in [6.45, 7) is 10.4. The van der Waals surface area contributed by atoms with Crippen LogP contribution in [0.25, 0.3) is 0 Å². The number of unbranched alkanes of at least 4 members (excludes halogenated alkanes) is 2. The maximum Gasteiger partial charge on any atom is 0.397 e. The number of rotatable bonds is 16. The van der Waals surface area contributed by atoms with Gasteiger partial charge in [0.05, 0.1) is 13.2 Å². The third kappa shape index (κ3) is 10.5. The van der Waals surface area contributed by atoms with Gasteiger partial charge in [-0.05, 0) is 36.8 Å². The zero-order valence-corrected chi connectivity index (χ0v) is 18.2. The van der Waals surface area contributed by atoms with Gasteiger partial charge >= 0.3 is 8.60 Å². The number of hydrogen-bond donors (Lipinski definition) is 0. The zero-order valence-electron chi connectivity index (χ0n) is 17.3. The van der Waals surface area contributed by atoms with Crippen LogP contribution in [0.4, 0.5) is 0 Å². The molecule has 0 aliphatic carbocycles. The first-order valence-electron chi connectivity index (χ1n) is 10.5. The molecule has 0 saturated heterocycles. The van der Waals surface area contributed by atoms with Gasteiger partial charge in [-0.1, -0.05) is 84.4 Å². The zero-order chi connectivity index (χ0) is 19.0. The van der Waals surface area contributed by atoms with Gasteiger partial charge in [0.15, 0.2) is 0 Å². The summed E-state index contributed by atoms with van der Waals surface area (Å²) in [4.78, 5) is 0. The largest absolute Gasteiger partial charge is 0.427 e. The third-order valence-corrected chi connectivity index (χ3v) is 5.92. The Balaban J connectivity index is 2.57. The normalized spacial score (nSPS) is 14.8. The predicted octanol–water partition coefficient (Wildman–Crippen LogP) is 7.76. The van der Waals surface area contributed by atoms with Gasteiger partial charge in [-0.15, -0.1) is 0 Å². The summed E-state index contributed by atoms with van der Waals surface area (Å²) >= 11 is 0. The van der Waals surface area contributed by atoms with Crippen molar-refractivity contribution in [2.75, 3.05) is 13.2 Å². The van der Waals surface area contributed by atoms with Crippen LogP contribution in [0, 0.1) is 11.8 Å². The molecule has 1 aromatic rings. The molecule has 0 N–H and O–H groups in total. The quantitative estimate of drug-likeness (QED) is 0.273. The van der Waals surface area contributed by atoms with Crippen molar-refractivity contribution in [1.82, 2.24) is 0 Å². The lowest BCUT2D eigenvalue weighted by Crippen LogP contribution is -2.12. The summed E-state index contributed by atoms with van der Waals surface area (Å²) in [7, 11) is -1.34. The van der Waals surface area contributed by atoms with E-state index in [0.29, 0.717) is 11.8 Å². The molecule has 150 valence electrons. The average molecular weight is 383 g/mol. The summed E-state index contributed by atoms with van der Waals surface area (Å²) in [5, 5.41) is 0. The molecule has 0 spiro atoms. The molecule has 0 aliphatic heterocycles. The minimum absolute atomic E-state index is 0.588. The Hall–Kier alpha value is -0.630. The van der Waals surface area contributed by atoms with Crippen molar-refractivity contribution in [3.63, 3.8) is 0 Å². The Bertz CT molecular complexity index is 407.